The molecule has 1 heterocycles. The summed E-state index contributed by atoms with van der Waals surface area (Å²) < 4.78 is 0. The number of rotatable bonds is 5. The van der Waals surface area contributed by atoms with Crippen LogP contribution >= 0.6 is 0 Å². The monoisotopic (exact) mass is 273 g/mol. The third-order valence-electron chi connectivity index (χ3n) is 4.73. The summed E-state index contributed by atoms with van der Waals surface area (Å²) in [4.78, 5) is 7.11. The van der Waals surface area contributed by atoms with E-state index in [4.69, 9.17) is 0 Å². The van der Waals surface area contributed by atoms with E-state index in [0.29, 0.717) is 6.04 Å². The number of anilines is 1. The normalized spacial score (nSPS) is 20.6. The Morgan fingerprint density at radius 1 is 1.15 bits per heavy atom. The highest BCUT2D eigenvalue weighted by Gasteiger charge is 2.23. The molecule has 2 saturated carbocycles. The van der Waals surface area contributed by atoms with Crippen molar-refractivity contribution in [2.75, 3.05) is 11.9 Å². The van der Waals surface area contributed by atoms with Gasteiger partial charge in [-0.1, -0.05) is 31.7 Å². The van der Waals surface area contributed by atoms with E-state index in [-0.39, 0.29) is 0 Å². The van der Waals surface area contributed by atoms with Crippen molar-refractivity contribution in [3.8, 4) is 0 Å². The lowest BCUT2D eigenvalue weighted by atomic mass is 10.1. The van der Waals surface area contributed by atoms with Crippen molar-refractivity contribution in [2.45, 2.75) is 70.0 Å². The van der Waals surface area contributed by atoms with Gasteiger partial charge in [-0.05, 0) is 31.7 Å². The molecule has 0 saturated heterocycles. The minimum absolute atomic E-state index is 0.673. The molecule has 3 rings (SSSR count). The Balaban J connectivity index is 1.69. The zero-order chi connectivity index (χ0) is 13.8. The van der Waals surface area contributed by atoms with Gasteiger partial charge in [-0.25, -0.2) is 4.98 Å². The second-order valence-corrected chi connectivity index (χ2v) is 6.40. The fraction of sp³-hybridized carbons (Fsp3) is 0.706. The average molecular weight is 273 g/mol. The van der Waals surface area contributed by atoms with Gasteiger partial charge in [-0.2, -0.15) is 0 Å². The number of hydrogen-bond acceptors (Lipinski definition) is 3. The molecule has 3 nitrogen and oxygen atoms in total. The predicted octanol–water partition coefficient (Wildman–Crippen LogP) is 3.49. The number of pyridine rings is 1. The first-order valence-corrected chi connectivity index (χ1v) is 8.24. The van der Waals surface area contributed by atoms with Crippen LogP contribution in [0.5, 0.6) is 0 Å². The molecule has 1 N–H and O–H groups in total. The summed E-state index contributed by atoms with van der Waals surface area (Å²) in [5.41, 5.74) is 1.35. The molecule has 20 heavy (non-hydrogen) atoms. The van der Waals surface area contributed by atoms with Gasteiger partial charge in [0.25, 0.3) is 0 Å². The summed E-state index contributed by atoms with van der Waals surface area (Å²) in [7, 11) is 2.24. The van der Waals surface area contributed by atoms with E-state index in [9.17, 15) is 0 Å². The van der Waals surface area contributed by atoms with E-state index >= 15 is 0 Å². The van der Waals surface area contributed by atoms with Crippen LogP contribution < -0.4 is 10.2 Å². The van der Waals surface area contributed by atoms with Gasteiger partial charge in [-0.15, -0.1) is 0 Å². The van der Waals surface area contributed by atoms with Crippen molar-refractivity contribution in [3.63, 3.8) is 0 Å². The smallest absolute Gasteiger partial charge is 0.132 e. The molecule has 2 fully saturated rings. The Labute approximate surface area is 122 Å². The maximum absolute atomic E-state index is 4.67. The molecule has 0 aliphatic heterocycles. The fourth-order valence-corrected chi connectivity index (χ4v) is 3.25. The van der Waals surface area contributed by atoms with Crippen LogP contribution in [0.2, 0.25) is 0 Å². The highest BCUT2D eigenvalue weighted by molar-refractivity contribution is 5.47. The Kier molecular flexibility index (Phi) is 4.56. The van der Waals surface area contributed by atoms with Gasteiger partial charge in [0.05, 0.1) is 0 Å². The van der Waals surface area contributed by atoms with Crippen LogP contribution in [-0.2, 0) is 6.54 Å². The maximum atomic E-state index is 4.67. The molecule has 0 amide bonds. The third-order valence-corrected chi connectivity index (χ3v) is 4.73. The van der Waals surface area contributed by atoms with E-state index in [0.717, 1.165) is 12.6 Å². The summed E-state index contributed by atoms with van der Waals surface area (Å²) in [5.74, 6) is 1.19. The second kappa shape index (κ2) is 6.57. The highest BCUT2D eigenvalue weighted by Crippen LogP contribution is 2.27. The van der Waals surface area contributed by atoms with Crippen LogP contribution in [-0.4, -0.2) is 24.1 Å². The summed E-state index contributed by atoms with van der Waals surface area (Å²) in [5, 5.41) is 3.62. The summed E-state index contributed by atoms with van der Waals surface area (Å²) in [6.45, 7) is 0.963. The fourth-order valence-electron chi connectivity index (χ4n) is 3.25. The lowest BCUT2D eigenvalue weighted by molar-refractivity contribution is 0.546. The molecule has 0 radical (unpaired) electrons. The summed E-state index contributed by atoms with van der Waals surface area (Å²) >= 11 is 0. The van der Waals surface area contributed by atoms with E-state index in [1.165, 1.54) is 62.7 Å². The molecule has 0 unspecified atom stereocenters. The van der Waals surface area contributed by atoms with Crippen LogP contribution in [0, 0.1) is 0 Å². The van der Waals surface area contributed by atoms with Gasteiger partial charge in [-0.3, -0.25) is 0 Å². The van der Waals surface area contributed by atoms with Gasteiger partial charge < -0.3 is 10.2 Å². The Morgan fingerprint density at radius 2 is 1.90 bits per heavy atom. The zero-order valence-electron chi connectivity index (χ0n) is 12.6. The molecule has 2 aliphatic rings. The van der Waals surface area contributed by atoms with Crippen LogP contribution in [0.25, 0.3) is 0 Å². The molecule has 0 bridgehead atoms. The molecular weight excluding hydrogens is 246 g/mol. The van der Waals surface area contributed by atoms with E-state index in [2.05, 4.69) is 34.4 Å². The van der Waals surface area contributed by atoms with E-state index in [1.807, 2.05) is 6.20 Å². The minimum Gasteiger partial charge on any atom is -0.356 e. The van der Waals surface area contributed by atoms with Crippen LogP contribution in [0.4, 0.5) is 5.82 Å². The molecule has 1 aromatic heterocycles. The molecule has 0 spiro atoms. The van der Waals surface area contributed by atoms with Crippen LogP contribution in [0.3, 0.4) is 0 Å². The van der Waals surface area contributed by atoms with Gasteiger partial charge in [0.15, 0.2) is 0 Å². The molecular formula is C17H27N3. The Hall–Kier alpha value is -1.09. The van der Waals surface area contributed by atoms with Gasteiger partial charge in [0.2, 0.25) is 0 Å². The topological polar surface area (TPSA) is 28.2 Å². The largest absolute Gasteiger partial charge is 0.356 e. The first-order chi connectivity index (χ1) is 9.84. The van der Waals surface area contributed by atoms with E-state index < -0.39 is 0 Å². The number of hydrogen-bond donors (Lipinski definition) is 1. The Bertz CT molecular complexity index is 420. The van der Waals surface area contributed by atoms with E-state index in [1.54, 1.807) is 0 Å². The lowest BCUT2D eigenvalue weighted by Crippen LogP contribution is -2.33. The average Bonchev–Trinajstić information content (AvgIpc) is 3.31. The summed E-state index contributed by atoms with van der Waals surface area (Å²) in [6.07, 6.45) is 12.8. The first-order valence-electron chi connectivity index (χ1n) is 8.24. The van der Waals surface area contributed by atoms with Crippen molar-refractivity contribution in [3.05, 3.63) is 23.9 Å². The van der Waals surface area contributed by atoms with Crippen molar-refractivity contribution in [2.24, 2.45) is 0 Å². The lowest BCUT2D eigenvalue weighted by Gasteiger charge is -2.30. The molecule has 0 aromatic carbocycles. The number of aromatic nitrogens is 1. The zero-order valence-corrected chi connectivity index (χ0v) is 12.6. The summed E-state index contributed by atoms with van der Waals surface area (Å²) in [6, 6.07) is 5.72. The minimum atomic E-state index is 0.673. The molecule has 0 atom stereocenters. The van der Waals surface area contributed by atoms with Gasteiger partial charge in [0, 0.05) is 37.4 Å². The van der Waals surface area contributed by atoms with Crippen molar-refractivity contribution in [1.29, 1.82) is 0 Å². The predicted molar refractivity (Wildman–Crippen MR) is 84.0 cm³/mol. The molecule has 2 aliphatic carbocycles. The van der Waals surface area contributed by atoms with Crippen LogP contribution in [0.1, 0.15) is 56.9 Å². The SMILES string of the molecule is CN(c1ncccc1CNC1CC1)C1CCCCCC1. The quantitative estimate of drug-likeness (QED) is 0.832. The second-order valence-electron chi connectivity index (χ2n) is 6.40. The van der Waals surface area contributed by atoms with Gasteiger partial charge in [0.1, 0.15) is 5.82 Å². The standard InChI is InChI=1S/C17H27N3/c1-20(16-8-4-2-3-5-9-16)17-14(7-6-12-18-17)13-19-15-10-11-15/h6-7,12,15-16,19H,2-5,8-11,13H2,1H3. The Morgan fingerprint density at radius 3 is 2.60 bits per heavy atom. The molecule has 1 aromatic rings. The molecule has 110 valence electrons. The molecule has 3 heteroatoms. The third kappa shape index (κ3) is 3.51. The first kappa shape index (κ1) is 13.9. The van der Waals surface area contributed by atoms with Crippen molar-refractivity contribution >= 4 is 5.82 Å². The number of nitrogens with one attached hydrogen (secondary N) is 1. The van der Waals surface area contributed by atoms with Crippen molar-refractivity contribution in [1.82, 2.24) is 10.3 Å². The maximum Gasteiger partial charge on any atom is 0.132 e. The number of nitrogens with zero attached hydrogens (tertiary/aromatic N) is 2. The van der Waals surface area contributed by atoms with Crippen molar-refractivity contribution < 1.29 is 0 Å². The highest BCUT2D eigenvalue weighted by atomic mass is 15.2. The van der Waals surface area contributed by atoms with Crippen LogP contribution in [0.15, 0.2) is 18.3 Å². The van der Waals surface area contributed by atoms with Gasteiger partial charge >= 0.3 is 0 Å².